The summed E-state index contributed by atoms with van der Waals surface area (Å²) < 4.78 is 5.70. The normalized spacial score (nSPS) is 10.3. The van der Waals surface area contributed by atoms with Gasteiger partial charge in [0.15, 0.2) is 11.6 Å². The van der Waals surface area contributed by atoms with Crippen LogP contribution in [0.2, 0.25) is 0 Å². The summed E-state index contributed by atoms with van der Waals surface area (Å²) in [6, 6.07) is 3.53. The second-order valence-corrected chi connectivity index (χ2v) is 4.45. The largest absolute Gasteiger partial charge is 0.451 e. The molecule has 102 valence electrons. The minimum atomic E-state index is 0.0753. The molecule has 0 bridgehead atoms. The average Bonchev–Trinajstić information content (AvgIpc) is 2.41. The highest BCUT2D eigenvalue weighted by molar-refractivity contribution is 5.50. The molecule has 0 saturated heterocycles. The maximum absolute atomic E-state index is 8.91. The molecular weight excluding hydrogens is 256 g/mol. The molecule has 4 N–H and O–H groups in total. The Morgan fingerprint density at radius 1 is 1.20 bits per heavy atom. The number of aromatic nitrogens is 3. The van der Waals surface area contributed by atoms with Crippen molar-refractivity contribution in [3.8, 4) is 17.6 Å². The van der Waals surface area contributed by atoms with E-state index in [1.807, 2.05) is 19.9 Å². The van der Waals surface area contributed by atoms with Crippen molar-refractivity contribution in [3.05, 3.63) is 29.7 Å². The predicted molar refractivity (Wildman–Crippen MR) is 74.0 cm³/mol. The summed E-state index contributed by atoms with van der Waals surface area (Å²) in [7, 11) is 0. The number of hydrogen-bond donors (Lipinski definition) is 2. The van der Waals surface area contributed by atoms with Crippen molar-refractivity contribution in [1.82, 2.24) is 15.0 Å². The molecule has 0 spiro atoms. The van der Waals surface area contributed by atoms with E-state index in [4.69, 9.17) is 21.5 Å². The molecule has 7 nitrogen and oxygen atoms in total. The van der Waals surface area contributed by atoms with Crippen molar-refractivity contribution in [2.45, 2.75) is 19.8 Å². The van der Waals surface area contributed by atoms with E-state index in [9.17, 15) is 0 Å². The number of pyridine rings is 1. The van der Waals surface area contributed by atoms with Gasteiger partial charge >= 0.3 is 0 Å². The molecule has 0 aliphatic rings. The third kappa shape index (κ3) is 2.75. The zero-order valence-electron chi connectivity index (χ0n) is 11.2. The van der Waals surface area contributed by atoms with Gasteiger partial charge in [0.1, 0.15) is 17.5 Å². The number of nitrogens with two attached hydrogens (primary N) is 2. The van der Waals surface area contributed by atoms with Crippen molar-refractivity contribution < 1.29 is 4.74 Å². The molecule has 2 aromatic heterocycles. The van der Waals surface area contributed by atoms with Crippen molar-refractivity contribution in [2.75, 3.05) is 11.5 Å². The Labute approximate surface area is 116 Å². The van der Waals surface area contributed by atoms with Gasteiger partial charge in [-0.05, 0) is 5.92 Å². The lowest BCUT2D eigenvalue weighted by atomic mass is 10.0. The third-order valence-corrected chi connectivity index (χ3v) is 2.65. The lowest BCUT2D eigenvalue weighted by molar-refractivity contribution is 0.470. The van der Waals surface area contributed by atoms with Gasteiger partial charge < -0.3 is 16.2 Å². The monoisotopic (exact) mass is 270 g/mol. The summed E-state index contributed by atoms with van der Waals surface area (Å²) in [6.45, 7) is 4.00. The molecule has 20 heavy (non-hydrogen) atoms. The number of ether oxygens (including phenoxy) is 1. The Morgan fingerprint density at radius 3 is 2.55 bits per heavy atom. The summed E-state index contributed by atoms with van der Waals surface area (Å²) in [6.07, 6.45) is 3.02. The van der Waals surface area contributed by atoms with Crippen LogP contribution in [0.15, 0.2) is 18.5 Å². The Kier molecular flexibility index (Phi) is 3.66. The minimum absolute atomic E-state index is 0.0753. The van der Waals surface area contributed by atoms with Gasteiger partial charge in [0.25, 0.3) is 0 Å². The number of rotatable bonds is 3. The van der Waals surface area contributed by atoms with E-state index < -0.39 is 0 Å². The molecule has 2 heterocycles. The molecule has 0 fully saturated rings. The van der Waals surface area contributed by atoms with Crippen LogP contribution in [0.25, 0.3) is 0 Å². The van der Waals surface area contributed by atoms with Crippen LogP contribution in [0.3, 0.4) is 0 Å². The van der Waals surface area contributed by atoms with E-state index in [1.54, 1.807) is 12.3 Å². The van der Waals surface area contributed by atoms with Gasteiger partial charge in [-0.3, -0.25) is 0 Å². The fourth-order valence-corrected chi connectivity index (χ4v) is 1.63. The first-order chi connectivity index (χ1) is 9.51. The first-order valence-corrected chi connectivity index (χ1v) is 5.97. The van der Waals surface area contributed by atoms with Crippen LogP contribution in [-0.4, -0.2) is 15.0 Å². The van der Waals surface area contributed by atoms with Crippen molar-refractivity contribution >= 4 is 11.8 Å². The van der Waals surface area contributed by atoms with Gasteiger partial charge in [-0.2, -0.15) is 10.2 Å². The average molecular weight is 270 g/mol. The lowest BCUT2D eigenvalue weighted by Gasteiger charge is -2.14. The van der Waals surface area contributed by atoms with Gasteiger partial charge in [-0.15, -0.1) is 0 Å². The van der Waals surface area contributed by atoms with Crippen molar-refractivity contribution in [3.63, 3.8) is 0 Å². The highest BCUT2D eigenvalue weighted by Gasteiger charge is 2.13. The number of hydrogen-bond acceptors (Lipinski definition) is 7. The molecule has 0 saturated carbocycles. The van der Waals surface area contributed by atoms with Gasteiger partial charge in [0.2, 0.25) is 5.95 Å². The fraction of sp³-hybridized carbons (Fsp3) is 0.231. The molecule has 0 aliphatic heterocycles. The van der Waals surface area contributed by atoms with Crippen LogP contribution >= 0.6 is 0 Å². The minimum Gasteiger partial charge on any atom is -0.451 e. The predicted octanol–water partition coefficient (Wildman–Crippen LogP) is 1.82. The molecule has 0 atom stereocenters. The molecule has 2 rings (SSSR count). The first kappa shape index (κ1) is 13.5. The Balaban J connectivity index is 2.43. The summed E-state index contributed by atoms with van der Waals surface area (Å²) in [4.78, 5) is 11.7. The number of nitrogen functional groups attached to an aromatic ring is 2. The maximum Gasteiger partial charge on any atom is 0.222 e. The standard InChI is InChI=1S/C13H14N6O/c1-7(2)9-5-17-8(4-14)3-10(9)20-11-6-18-13(16)19-12(11)15/h3,5-7H,1-2H3,(H4,15,16,18,19). The van der Waals surface area contributed by atoms with Crippen LogP contribution in [0, 0.1) is 11.3 Å². The van der Waals surface area contributed by atoms with E-state index in [-0.39, 0.29) is 29.1 Å². The Morgan fingerprint density at radius 2 is 1.95 bits per heavy atom. The van der Waals surface area contributed by atoms with Gasteiger partial charge in [0.05, 0.1) is 6.20 Å². The van der Waals surface area contributed by atoms with Crippen LogP contribution in [0.5, 0.6) is 11.5 Å². The molecule has 0 amide bonds. The molecule has 2 aromatic rings. The SMILES string of the molecule is CC(C)c1cnc(C#N)cc1Oc1cnc(N)nc1N. The highest BCUT2D eigenvalue weighted by atomic mass is 16.5. The summed E-state index contributed by atoms with van der Waals surface area (Å²) in [5.41, 5.74) is 12.3. The summed E-state index contributed by atoms with van der Waals surface area (Å²) in [5.74, 6) is 1.19. The van der Waals surface area contributed by atoms with Gasteiger partial charge in [-0.25, -0.2) is 9.97 Å². The summed E-state index contributed by atoms with van der Waals surface area (Å²) in [5, 5.41) is 8.91. The quantitative estimate of drug-likeness (QED) is 0.871. The molecule has 0 unspecified atom stereocenters. The highest BCUT2D eigenvalue weighted by Crippen LogP contribution is 2.32. The first-order valence-electron chi connectivity index (χ1n) is 5.97. The van der Waals surface area contributed by atoms with E-state index in [0.29, 0.717) is 5.75 Å². The molecule has 0 radical (unpaired) electrons. The topological polar surface area (TPSA) is 124 Å². The molecule has 0 aromatic carbocycles. The van der Waals surface area contributed by atoms with Crippen molar-refractivity contribution in [1.29, 1.82) is 5.26 Å². The number of nitrogens with zero attached hydrogens (tertiary/aromatic N) is 4. The van der Waals surface area contributed by atoms with Crippen LogP contribution in [-0.2, 0) is 0 Å². The third-order valence-electron chi connectivity index (χ3n) is 2.65. The molecule has 0 aliphatic carbocycles. The smallest absolute Gasteiger partial charge is 0.222 e. The lowest BCUT2D eigenvalue weighted by Crippen LogP contribution is -2.03. The molecular formula is C13H14N6O. The molecule has 7 heteroatoms. The van der Waals surface area contributed by atoms with E-state index in [0.717, 1.165) is 5.56 Å². The zero-order valence-corrected chi connectivity index (χ0v) is 11.2. The Bertz CT molecular complexity index is 677. The van der Waals surface area contributed by atoms with E-state index in [2.05, 4.69) is 15.0 Å². The van der Waals surface area contributed by atoms with Gasteiger partial charge in [0, 0.05) is 17.8 Å². The van der Waals surface area contributed by atoms with Crippen LogP contribution < -0.4 is 16.2 Å². The Hall–Kier alpha value is -2.88. The summed E-state index contributed by atoms with van der Waals surface area (Å²) >= 11 is 0. The van der Waals surface area contributed by atoms with Gasteiger partial charge in [-0.1, -0.05) is 13.8 Å². The van der Waals surface area contributed by atoms with E-state index in [1.165, 1.54) is 6.20 Å². The number of nitriles is 1. The number of anilines is 2. The second kappa shape index (κ2) is 5.40. The van der Waals surface area contributed by atoms with Crippen LogP contribution in [0.1, 0.15) is 31.0 Å². The van der Waals surface area contributed by atoms with Crippen molar-refractivity contribution in [2.24, 2.45) is 0 Å². The van der Waals surface area contributed by atoms with E-state index >= 15 is 0 Å². The zero-order chi connectivity index (χ0) is 14.7. The fourth-order valence-electron chi connectivity index (χ4n) is 1.63. The second-order valence-electron chi connectivity index (χ2n) is 4.45. The maximum atomic E-state index is 8.91. The van der Waals surface area contributed by atoms with Crippen LogP contribution in [0.4, 0.5) is 11.8 Å².